The van der Waals surface area contributed by atoms with Crippen molar-refractivity contribution in [2.24, 2.45) is 0 Å². The molecule has 2 heterocycles. The molecule has 2 rings (SSSR count). The predicted octanol–water partition coefficient (Wildman–Crippen LogP) is 1.43. The number of hydrogen-bond acceptors (Lipinski definition) is 4. The summed E-state index contributed by atoms with van der Waals surface area (Å²) in [5.41, 5.74) is 0. The molecule has 1 N–H and O–H groups in total. The molecule has 1 aliphatic rings. The highest BCUT2D eigenvalue weighted by atomic mass is 32.1. The molecule has 1 aromatic rings. The Morgan fingerprint density at radius 3 is 2.47 bits per heavy atom. The highest BCUT2D eigenvalue weighted by Gasteiger charge is 2.30. The number of aliphatic carboxylic acids is 1. The number of rotatable bonds is 3. The number of thiophene rings is 1. The maximum absolute atomic E-state index is 11.4. The minimum absolute atomic E-state index is 0.470. The Labute approximate surface area is 105 Å². The standard InChI is InChI=1S/C12H18N2O2S/c1-9-3-4-10(17-9)11(12(15)16)14-7-5-13(2)6-8-14/h3-4,11H,5-8H2,1-2H3,(H,15,16). The van der Waals surface area contributed by atoms with Crippen LogP contribution in [0.5, 0.6) is 0 Å². The Balaban J connectivity index is 2.15. The van der Waals surface area contributed by atoms with Gasteiger partial charge < -0.3 is 10.0 Å². The van der Waals surface area contributed by atoms with Crippen molar-refractivity contribution in [2.75, 3.05) is 33.2 Å². The molecule has 4 nitrogen and oxygen atoms in total. The van der Waals surface area contributed by atoms with Crippen molar-refractivity contribution < 1.29 is 9.90 Å². The van der Waals surface area contributed by atoms with Gasteiger partial charge in [-0.1, -0.05) is 0 Å². The van der Waals surface area contributed by atoms with Crippen LogP contribution in [0.3, 0.4) is 0 Å². The van der Waals surface area contributed by atoms with E-state index in [-0.39, 0.29) is 0 Å². The molecule has 0 bridgehead atoms. The first-order valence-electron chi connectivity index (χ1n) is 5.79. The van der Waals surface area contributed by atoms with Crippen LogP contribution in [0.15, 0.2) is 12.1 Å². The maximum Gasteiger partial charge on any atom is 0.326 e. The number of likely N-dealkylation sites (N-methyl/N-ethyl adjacent to an activating group) is 1. The molecule has 0 amide bonds. The smallest absolute Gasteiger partial charge is 0.326 e. The molecule has 0 aliphatic carbocycles. The summed E-state index contributed by atoms with van der Waals surface area (Å²) in [6.07, 6.45) is 0. The number of nitrogens with zero attached hydrogens (tertiary/aromatic N) is 2. The summed E-state index contributed by atoms with van der Waals surface area (Å²) in [6.45, 7) is 5.54. The van der Waals surface area contributed by atoms with Gasteiger partial charge in [-0.25, -0.2) is 0 Å². The maximum atomic E-state index is 11.4. The quantitative estimate of drug-likeness (QED) is 0.886. The fraction of sp³-hybridized carbons (Fsp3) is 0.583. The van der Waals surface area contributed by atoms with E-state index in [1.807, 2.05) is 19.1 Å². The van der Waals surface area contributed by atoms with Gasteiger partial charge in [0.05, 0.1) is 0 Å². The van der Waals surface area contributed by atoms with E-state index in [0.717, 1.165) is 31.1 Å². The Kier molecular flexibility index (Phi) is 3.81. The molecule has 1 aromatic heterocycles. The van der Waals surface area contributed by atoms with E-state index < -0.39 is 12.0 Å². The van der Waals surface area contributed by atoms with E-state index >= 15 is 0 Å². The predicted molar refractivity (Wildman–Crippen MR) is 68.5 cm³/mol. The average Bonchev–Trinajstić information content (AvgIpc) is 2.68. The number of hydrogen-bond donors (Lipinski definition) is 1. The molecule has 0 saturated carbocycles. The summed E-state index contributed by atoms with van der Waals surface area (Å²) in [4.78, 5) is 17.8. The molecule has 17 heavy (non-hydrogen) atoms. The van der Waals surface area contributed by atoms with Gasteiger partial charge in [0.15, 0.2) is 0 Å². The van der Waals surface area contributed by atoms with Crippen molar-refractivity contribution in [2.45, 2.75) is 13.0 Å². The van der Waals surface area contributed by atoms with Crippen LogP contribution in [0.1, 0.15) is 15.8 Å². The molecule has 0 spiro atoms. The normalized spacial score (nSPS) is 20.4. The first-order chi connectivity index (χ1) is 8.08. The fourth-order valence-corrected chi connectivity index (χ4v) is 3.14. The lowest BCUT2D eigenvalue weighted by Crippen LogP contribution is -2.47. The number of carboxylic acids is 1. The van der Waals surface area contributed by atoms with Gasteiger partial charge in [-0.2, -0.15) is 0 Å². The summed E-state index contributed by atoms with van der Waals surface area (Å²) >= 11 is 1.58. The second-order valence-corrected chi connectivity index (χ2v) is 5.85. The number of carbonyl (C=O) groups is 1. The van der Waals surface area contributed by atoms with E-state index in [0.29, 0.717) is 0 Å². The van der Waals surface area contributed by atoms with Crippen LogP contribution in [0, 0.1) is 6.92 Å². The number of aryl methyl sites for hydroxylation is 1. The van der Waals surface area contributed by atoms with E-state index in [2.05, 4.69) is 16.8 Å². The molecule has 1 aliphatic heterocycles. The lowest BCUT2D eigenvalue weighted by molar-refractivity contribution is -0.144. The van der Waals surface area contributed by atoms with Crippen molar-refractivity contribution in [3.8, 4) is 0 Å². The first-order valence-corrected chi connectivity index (χ1v) is 6.61. The number of carboxylic acid groups (broad SMARTS) is 1. The highest BCUT2D eigenvalue weighted by Crippen LogP contribution is 2.28. The molecule has 94 valence electrons. The summed E-state index contributed by atoms with van der Waals surface area (Å²) in [5.74, 6) is -0.739. The summed E-state index contributed by atoms with van der Waals surface area (Å²) in [6, 6.07) is 3.46. The third-order valence-corrected chi connectivity index (χ3v) is 4.22. The Morgan fingerprint density at radius 1 is 1.35 bits per heavy atom. The molecule has 1 atom stereocenters. The highest BCUT2D eigenvalue weighted by molar-refractivity contribution is 7.12. The Bertz CT molecular complexity index is 397. The minimum Gasteiger partial charge on any atom is -0.480 e. The lowest BCUT2D eigenvalue weighted by atomic mass is 10.1. The second-order valence-electron chi connectivity index (χ2n) is 4.53. The first kappa shape index (κ1) is 12.5. The largest absolute Gasteiger partial charge is 0.480 e. The summed E-state index contributed by atoms with van der Waals surface area (Å²) in [7, 11) is 2.07. The monoisotopic (exact) mass is 254 g/mol. The van der Waals surface area contributed by atoms with Crippen LogP contribution < -0.4 is 0 Å². The van der Waals surface area contributed by atoms with Crippen molar-refractivity contribution in [3.63, 3.8) is 0 Å². The van der Waals surface area contributed by atoms with Crippen LogP contribution in [0.25, 0.3) is 0 Å². The Hall–Kier alpha value is -0.910. The van der Waals surface area contributed by atoms with Gasteiger partial charge in [-0.05, 0) is 26.1 Å². The van der Waals surface area contributed by atoms with Crippen molar-refractivity contribution in [1.82, 2.24) is 9.80 Å². The average molecular weight is 254 g/mol. The van der Waals surface area contributed by atoms with Gasteiger partial charge in [-0.15, -0.1) is 11.3 Å². The molecule has 5 heteroatoms. The fourth-order valence-electron chi connectivity index (χ4n) is 2.14. The summed E-state index contributed by atoms with van der Waals surface area (Å²) in [5, 5.41) is 9.41. The third kappa shape index (κ3) is 2.86. The van der Waals surface area contributed by atoms with E-state index in [4.69, 9.17) is 0 Å². The van der Waals surface area contributed by atoms with Crippen LogP contribution in [-0.2, 0) is 4.79 Å². The van der Waals surface area contributed by atoms with Gasteiger partial charge >= 0.3 is 5.97 Å². The SMILES string of the molecule is Cc1ccc(C(C(=O)O)N2CCN(C)CC2)s1. The zero-order valence-electron chi connectivity index (χ0n) is 10.2. The third-order valence-electron chi connectivity index (χ3n) is 3.17. The van der Waals surface area contributed by atoms with Crippen LogP contribution in [0.2, 0.25) is 0 Å². The van der Waals surface area contributed by atoms with Gasteiger partial charge in [0.25, 0.3) is 0 Å². The molecule has 1 fully saturated rings. The van der Waals surface area contributed by atoms with Crippen molar-refractivity contribution in [3.05, 3.63) is 21.9 Å². The second kappa shape index (κ2) is 5.16. The van der Waals surface area contributed by atoms with Crippen molar-refractivity contribution in [1.29, 1.82) is 0 Å². The molecular weight excluding hydrogens is 236 g/mol. The van der Waals surface area contributed by atoms with E-state index in [9.17, 15) is 9.90 Å². The van der Waals surface area contributed by atoms with E-state index in [1.165, 1.54) is 4.88 Å². The molecule has 1 unspecified atom stereocenters. The van der Waals surface area contributed by atoms with Gasteiger partial charge in [-0.3, -0.25) is 9.69 Å². The number of piperazine rings is 1. The van der Waals surface area contributed by atoms with Gasteiger partial charge in [0.2, 0.25) is 0 Å². The van der Waals surface area contributed by atoms with Crippen molar-refractivity contribution >= 4 is 17.3 Å². The topological polar surface area (TPSA) is 43.8 Å². The zero-order valence-corrected chi connectivity index (χ0v) is 11.0. The minimum atomic E-state index is -0.739. The lowest BCUT2D eigenvalue weighted by Gasteiger charge is -2.35. The molecule has 1 saturated heterocycles. The van der Waals surface area contributed by atoms with Gasteiger partial charge in [0, 0.05) is 35.9 Å². The molecule has 0 aromatic carbocycles. The molecular formula is C12H18N2O2S. The molecule has 0 radical (unpaired) electrons. The Morgan fingerprint density at radius 2 is 2.00 bits per heavy atom. The van der Waals surface area contributed by atoms with Crippen LogP contribution in [-0.4, -0.2) is 54.1 Å². The zero-order chi connectivity index (χ0) is 12.4. The van der Waals surface area contributed by atoms with Gasteiger partial charge in [0.1, 0.15) is 6.04 Å². The van der Waals surface area contributed by atoms with Crippen LogP contribution >= 0.6 is 11.3 Å². The van der Waals surface area contributed by atoms with E-state index in [1.54, 1.807) is 11.3 Å². The van der Waals surface area contributed by atoms with Crippen LogP contribution in [0.4, 0.5) is 0 Å². The summed E-state index contributed by atoms with van der Waals surface area (Å²) < 4.78 is 0.